The molecule has 0 bridgehead atoms. The standard InChI is InChI=1S/C19H35N7O2/c1-14-10-25(11-15(2)28-14)9-5-8-21-19(20-3)22-16-6-7-18-23-17(13-27-4)24-26(18)12-16/h14-16H,5-13H2,1-4H3,(H2,20,21,22). The van der Waals surface area contributed by atoms with E-state index in [9.17, 15) is 0 Å². The molecule has 1 aromatic heterocycles. The van der Waals surface area contributed by atoms with Crippen molar-refractivity contribution in [1.82, 2.24) is 30.3 Å². The minimum absolute atomic E-state index is 0.303. The second-order valence-corrected chi connectivity index (χ2v) is 7.81. The van der Waals surface area contributed by atoms with Crippen molar-refractivity contribution in [3.8, 4) is 0 Å². The molecule has 2 aliphatic heterocycles. The van der Waals surface area contributed by atoms with Crippen molar-refractivity contribution in [2.45, 2.75) is 64.5 Å². The maximum absolute atomic E-state index is 5.80. The molecule has 1 aromatic rings. The molecule has 3 heterocycles. The molecule has 0 aromatic carbocycles. The van der Waals surface area contributed by atoms with Crippen LogP contribution >= 0.6 is 0 Å². The summed E-state index contributed by atoms with van der Waals surface area (Å²) in [6, 6.07) is 0.303. The second kappa shape index (κ2) is 10.2. The van der Waals surface area contributed by atoms with E-state index in [2.05, 4.69) is 44.5 Å². The van der Waals surface area contributed by atoms with Gasteiger partial charge in [0, 0.05) is 52.8 Å². The van der Waals surface area contributed by atoms with E-state index in [4.69, 9.17) is 9.47 Å². The van der Waals surface area contributed by atoms with Crippen LogP contribution in [0.3, 0.4) is 0 Å². The van der Waals surface area contributed by atoms with Gasteiger partial charge in [0.15, 0.2) is 11.8 Å². The van der Waals surface area contributed by atoms with Crippen molar-refractivity contribution < 1.29 is 9.47 Å². The summed E-state index contributed by atoms with van der Waals surface area (Å²) < 4.78 is 12.9. The van der Waals surface area contributed by atoms with E-state index in [0.717, 1.165) is 69.6 Å². The van der Waals surface area contributed by atoms with Gasteiger partial charge < -0.3 is 20.1 Å². The molecule has 0 amide bonds. The molecule has 3 rings (SSSR count). The highest BCUT2D eigenvalue weighted by Gasteiger charge is 2.23. The van der Waals surface area contributed by atoms with Gasteiger partial charge in [-0.05, 0) is 26.7 Å². The van der Waals surface area contributed by atoms with Crippen LogP contribution in [0.2, 0.25) is 0 Å². The number of fused-ring (bicyclic) bond motifs is 1. The Labute approximate surface area is 167 Å². The number of hydrogen-bond donors (Lipinski definition) is 2. The van der Waals surface area contributed by atoms with Crippen LogP contribution in [-0.2, 0) is 29.0 Å². The first-order valence-corrected chi connectivity index (χ1v) is 10.3. The maximum Gasteiger partial charge on any atom is 0.191 e. The predicted octanol–water partition coefficient (Wildman–Crippen LogP) is 0.404. The topological polar surface area (TPSA) is 88.8 Å². The average Bonchev–Trinajstić information content (AvgIpc) is 3.05. The number of nitrogens with zero attached hydrogens (tertiary/aromatic N) is 5. The first-order valence-electron chi connectivity index (χ1n) is 10.3. The molecule has 0 saturated carbocycles. The number of aliphatic imine (C=N–C) groups is 1. The second-order valence-electron chi connectivity index (χ2n) is 7.81. The van der Waals surface area contributed by atoms with Crippen LogP contribution in [0.1, 0.15) is 38.3 Å². The smallest absolute Gasteiger partial charge is 0.191 e. The average molecular weight is 394 g/mol. The summed E-state index contributed by atoms with van der Waals surface area (Å²) in [7, 11) is 3.49. The van der Waals surface area contributed by atoms with E-state index >= 15 is 0 Å². The minimum Gasteiger partial charge on any atom is -0.377 e. The van der Waals surface area contributed by atoms with Crippen LogP contribution in [0.5, 0.6) is 0 Å². The molecule has 0 spiro atoms. The molecule has 2 N–H and O–H groups in total. The molecular formula is C19H35N7O2. The molecule has 0 aliphatic carbocycles. The van der Waals surface area contributed by atoms with Crippen LogP contribution in [-0.4, -0.2) is 84.2 Å². The number of aryl methyl sites for hydroxylation is 1. The van der Waals surface area contributed by atoms with Gasteiger partial charge >= 0.3 is 0 Å². The van der Waals surface area contributed by atoms with E-state index in [-0.39, 0.29) is 0 Å². The molecule has 0 radical (unpaired) electrons. The Kier molecular flexibility index (Phi) is 7.64. The zero-order chi connectivity index (χ0) is 19.9. The molecule has 28 heavy (non-hydrogen) atoms. The Morgan fingerprint density at radius 2 is 2.07 bits per heavy atom. The Bertz CT molecular complexity index is 638. The molecule has 158 valence electrons. The van der Waals surface area contributed by atoms with Crippen molar-refractivity contribution in [3.05, 3.63) is 11.6 Å². The lowest BCUT2D eigenvalue weighted by Gasteiger charge is -2.35. The van der Waals surface area contributed by atoms with Gasteiger partial charge in [-0.1, -0.05) is 0 Å². The quantitative estimate of drug-likeness (QED) is 0.394. The predicted molar refractivity (Wildman–Crippen MR) is 108 cm³/mol. The van der Waals surface area contributed by atoms with Crippen LogP contribution in [0, 0.1) is 0 Å². The lowest BCUT2D eigenvalue weighted by molar-refractivity contribution is -0.0679. The number of methoxy groups -OCH3 is 1. The molecular weight excluding hydrogens is 358 g/mol. The van der Waals surface area contributed by atoms with Gasteiger partial charge in [0.2, 0.25) is 0 Å². The Morgan fingerprint density at radius 1 is 1.29 bits per heavy atom. The Hall–Kier alpha value is -1.71. The monoisotopic (exact) mass is 393 g/mol. The fourth-order valence-corrected chi connectivity index (χ4v) is 4.03. The fourth-order valence-electron chi connectivity index (χ4n) is 4.03. The van der Waals surface area contributed by atoms with Crippen molar-refractivity contribution in [3.63, 3.8) is 0 Å². The Balaban J connectivity index is 1.39. The third kappa shape index (κ3) is 5.89. The number of ether oxygens (including phenoxy) is 2. The van der Waals surface area contributed by atoms with Gasteiger partial charge in [-0.2, -0.15) is 5.10 Å². The number of rotatable bonds is 7. The van der Waals surface area contributed by atoms with Gasteiger partial charge in [0.25, 0.3) is 0 Å². The number of morpholine rings is 1. The maximum atomic E-state index is 5.80. The van der Waals surface area contributed by atoms with Crippen LogP contribution < -0.4 is 10.6 Å². The number of guanidine groups is 1. The van der Waals surface area contributed by atoms with E-state index in [1.54, 1.807) is 7.11 Å². The zero-order valence-corrected chi connectivity index (χ0v) is 17.6. The van der Waals surface area contributed by atoms with Crippen molar-refractivity contribution in [2.75, 3.05) is 40.3 Å². The summed E-state index contributed by atoms with van der Waals surface area (Å²) in [4.78, 5) is 11.4. The van der Waals surface area contributed by atoms with Gasteiger partial charge in [-0.15, -0.1) is 0 Å². The molecule has 9 heteroatoms. The Morgan fingerprint density at radius 3 is 2.79 bits per heavy atom. The van der Waals surface area contributed by atoms with Gasteiger partial charge in [0.05, 0.1) is 18.8 Å². The number of hydrogen-bond acceptors (Lipinski definition) is 6. The van der Waals surface area contributed by atoms with Gasteiger partial charge in [-0.25, -0.2) is 9.67 Å². The fraction of sp³-hybridized carbons (Fsp3) is 0.842. The molecule has 1 fully saturated rings. The van der Waals surface area contributed by atoms with Crippen molar-refractivity contribution >= 4 is 5.96 Å². The van der Waals surface area contributed by atoms with Crippen molar-refractivity contribution in [2.24, 2.45) is 4.99 Å². The van der Waals surface area contributed by atoms with Crippen LogP contribution in [0.15, 0.2) is 4.99 Å². The molecule has 3 atom stereocenters. The molecule has 9 nitrogen and oxygen atoms in total. The zero-order valence-electron chi connectivity index (χ0n) is 17.6. The first-order chi connectivity index (χ1) is 13.6. The lowest BCUT2D eigenvalue weighted by atomic mass is 10.1. The molecule has 3 unspecified atom stereocenters. The van der Waals surface area contributed by atoms with E-state index in [1.165, 1.54) is 0 Å². The third-order valence-electron chi connectivity index (χ3n) is 5.18. The minimum atomic E-state index is 0.303. The summed E-state index contributed by atoms with van der Waals surface area (Å²) in [6.07, 6.45) is 3.67. The van der Waals surface area contributed by atoms with E-state index in [1.807, 2.05) is 11.7 Å². The normalized spacial score (nSPS) is 26.1. The summed E-state index contributed by atoms with van der Waals surface area (Å²) in [6.45, 7) is 9.58. The third-order valence-corrected chi connectivity index (χ3v) is 5.18. The summed E-state index contributed by atoms with van der Waals surface area (Å²) in [5.41, 5.74) is 0. The first kappa shape index (κ1) is 21.0. The molecule has 2 aliphatic rings. The SMILES string of the molecule is CN=C(NCCCN1CC(C)OC(C)C1)NC1CCc2nc(COC)nn2C1. The number of aromatic nitrogens is 3. The summed E-state index contributed by atoms with van der Waals surface area (Å²) >= 11 is 0. The highest BCUT2D eigenvalue weighted by molar-refractivity contribution is 5.79. The van der Waals surface area contributed by atoms with Gasteiger partial charge in [-0.3, -0.25) is 9.89 Å². The summed E-state index contributed by atoms with van der Waals surface area (Å²) in [5, 5.41) is 11.5. The molecule has 1 saturated heterocycles. The van der Waals surface area contributed by atoms with Crippen LogP contribution in [0.4, 0.5) is 0 Å². The highest BCUT2D eigenvalue weighted by Crippen LogP contribution is 2.13. The lowest BCUT2D eigenvalue weighted by Crippen LogP contribution is -2.48. The largest absolute Gasteiger partial charge is 0.377 e. The van der Waals surface area contributed by atoms with E-state index < -0.39 is 0 Å². The van der Waals surface area contributed by atoms with Crippen LogP contribution in [0.25, 0.3) is 0 Å². The van der Waals surface area contributed by atoms with Gasteiger partial charge in [0.1, 0.15) is 12.4 Å². The summed E-state index contributed by atoms with van der Waals surface area (Å²) in [5.74, 6) is 2.66. The van der Waals surface area contributed by atoms with Crippen molar-refractivity contribution in [1.29, 1.82) is 0 Å². The number of nitrogens with one attached hydrogen (secondary N) is 2. The highest BCUT2D eigenvalue weighted by atomic mass is 16.5. The van der Waals surface area contributed by atoms with E-state index in [0.29, 0.717) is 24.9 Å².